The summed E-state index contributed by atoms with van der Waals surface area (Å²) in [7, 11) is 0. The van der Waals surface area contributed by atoms with Gasteiger partial charge < -0.3 is 29.9 Å². The Hall–Kier alpha value is -4.74. The van der Waals surface area contributed by atoms with E-state index in [0.717, 1.165) is 57.1 Å². The Morgan fingerprint density at radius 2 is 1.29 bits per heavy atom. The van der Waals surface area contributed by atoms with E-state index in [1.165, 1.54) is 44.1 Å². The van der Waals surface area contributed by atoms with E-state index >= 15 is 0 Å². The van der Waals surface area contributed by atoms with E-state index in [9.17, 15) is 9.59 Å². The minimum Gasteiger partial charge on any atom is -0.483 e. The molecular formula is C36H46N8O4. The number of nitrogens with zero attached hydrogens (tertiary/aromatic N) is 4. The number of benzene rings is 2. The largest absolute Gasteiger partial charge is 0.483 e. The third-order valence-electron chi connectivity index (χ3n) is 10.2. The lowest BCUT2D eigenvalue weighted by Crippen LogP contribution is -2.55. The number of hydrogen-bond donors (Lipinski definition) is 4. The van der Waals surface area contributed by atoms with Crippen molar-refractivity contribution in [2.24, 2.45) is 10.2 Å². The van der Waals surface area contributed by atoms with E-state index in [0.29, 0.717) is 31.2 Å². The van der Waals surface area contributed by atoms with Gasteiger partial charge in [-0.1, -0.05) is 20.4 Å². The number of fused-ring (bicyclic) bond motifs is 6. The number of anilines is 4. The number of amides is 2. The molecule has 0 bridgehead atoms. The van der Waals surface area contributed by atoms with E-state index in [1.54, 1.807) is 0 Å². The molecule has 2 atom stereocenters. The Morgan fingerprint density at radius 3 is 1.75 bits per heavy atom. The summed E-state index contributed by atoms with van der Waals surface area (Å²) in [5, 5.41) is 15.6. The zero-order valence-corrected chi connectivity index (χ0v) is 28.5. The first-order chi connectivity index (χ1) is 23.1. The number of hydrogen-bond acceptors (Lipinski definition) is 10. The van der Waals surface area contributed by atoms with Gasteiger partial charge in [-0.3, -0.25) is 9.59 Å². The van der Waals surface area contributed by atoms with E-state index in [-0.39, 0.29) is 23.9 Å². The van der Waals surface area contributed by atoms with Gasteiger partial charge in [0.2, 0.25) is 0 Å². The molecule has 48 heavy (non-hydrogen) atoms. The Balaban J connectivity index is 0.000000152. The lowest BCUT2D eigenvalue weighted by molar-refractivity contribution is -0.123. The van der Waals surface area contributed by atoms with Crippen molar-refractivity contribution in [2.75, 3.05) is 33.6 Å². The maximum atomic E-state index is 12.0. The maximum absolute atomic E-state index is 12.0. The van der Waals surface area contributed by atoms with Crippen LogP contribution in [0.3, 0.4) is 0 Å². The number of amidine groups is 2. The van der Waals surface area contributed by atoms with Gasteiger partial charge in [0.25, 0.3) is 11.8 Å². The van der Waals surface area contributed by atoms with Gasteiger partial charge in [-0.25, -0.2) is 10.9 Å². The molecule has 2 unspecified atom stereocenters. The summed E-state index contributed by atoms with van der Waals surface area (Å²) < 4.78 is 11.8. The van der Waals surface area contributed by atoms with Gasteiger partial charge in [0.1, 0.15) is 36.8 Å². The van der Waals surface area contributed by atoms with Gasteiger partial charge in [-0.15, -0.1) is 0 Å². The van der Waals surface area contributed by atoms with E-state index in [1.807, 2.05) is 36.6 Å². The first-order valence-electron chi connectivity index (χ1n) is 17.2. The number of carbonyl (C=O) groups excluding carboxylic acids is 2. The Kier molecular flexibility index (Phi) is 8.43. The van der Waals surface area contributed by atoms with Crippen LogP contribution in [0.2, 0.25) is 0 Å². The number of rotatable bonds is 6. The zero-order valence-electron chi connectivity index (χ0n) is 28.5. The standard InChI is InChI=1S/C18H24N4O2.C18H22N4O2/c2*1-10(2)13-7-16-15(8-14(13)19-12-5-4-6-12)22-11(3)18(23)21-20-17(22)9-24-16/h7-8,10-12,19H,4-6,9H2,1-3H3,(H,21,23);7-8,11-12,19H,1,4-6,9H2,2-3H3,(H,21,23). The highest BCUT2D eigenvalue weighted by molar-refractivity contribution is 6.10. The number of ether oxygens (including phenoxy) is 2. The number of nitrogens with one attached hydrogen (secondary N) is 4. The second-order valence-electron chi connectivity index (χ2n) is 13.9. The molecule has 2 aromatic rings. The van der Waals surface area contributed by atoms with Crippen LogP contribution in [-0.2, 0) is 9.59 Å². The van der Waals surface area contributed by atoms with Crippen LogP contribution < -0.4 is 40.8 Å². The van der Waals surface area contributed by atoms with Crippen LogP contribution in [0, 0.1) is 0 Å². The molecule has 2 aromatic carbocycles. The highest BCUT2D eigenvalue weighted by Crippen LogP contribution is 2.43. The average molecular weight is 655 g/mol. The van der Waals surface area contributed by atoms with Crippen LogP contribution in [0.1, 0.15) is 90.2 Å². The molecule has 12 nitrogen and oxygen atoms in total. The summed E-state index contributed by atoms with van der Waals surface area (Å²) in [5.41, 5.74) is 12.4. The normalized spacial score (nSPS) is 22.6. The van der Waals surface area contributed by atoms with E-state index < -0.39 is 0 Å². The summed E-state index contributed by atoms with van der Waals surface area (Å²) in [6.07, 6.45) is 7.40. The number of allylic oxidation sites excluding steroid dienone is 1. The summed E-state index contributed by atoms with van der Waals surface area (Å²) in [6, 6.07) is 8.81. The third kappa shape index (κ3) is 5.81. The summed E-state index contributed by atoms with van der Waals surface area (Å²) >= 11 is 0. The molecule has 6 aliphatic rings. The summed E-state index contributed by atoms with van der Waals surface area (Å²) in [6.45, 7) is 15.0. The van der Waals surface area contributed by atoms with Crippen molar-refractivity contribution >= 4 is 51.8 Å². The molecule has 0 aromatic heterocycles. The Morgan fingerprint density at radius 1 is 0.812 bits per heavy atom. The number of hydrazone groups is 2. The molecule has 2 aliphatic carbocycles. The van der Waals surface area contributed by atoms with Gasteiger partial charge in [0.05, 0.1) is 11.4 Å². The molecule has 4 heterocycles. The molecule has 4 N–H and O–H groups in total. The lowest BCUT2D eigenvalue weighted by Gasteiger charge is -2.39. The minimum atomic E-state index is -0.313. The minimum absolute atomic E-state index is 0.0898. The molecule has 4 aliphatic heterocycles. The fraction of sp³-hybridized carbons (Fsp3) is 0.500. The van der Waals surface area contributed by atoms with Crippen molar-refractivity contribution in [2.45, 2.75) is 103 Å². The monoisotopic (exact) mass is 654 g/mol. The van der Waals surface area contributed by atoms with E-state index in [2.05, 4.69) is 70.3 Å². The van der Waals surface area contributed by atoms with Crippen LogP contribution in [-0.4, -0.2) is 60.9 Å². The average Bonchev–Trinajstić information content (AvgIpc) is 3.03. The maximum Gasteiger partial charge on any atom is 0.262 e. The molecule has 0 saturated heterocycles. The Labute approximate surface area is 282 Å². The first-order valence-corrected chi connectivity index (χ1v) is 17.2. The summed E-state index contributed by atoms with van der Waals surface area (Å²) in [4.78, 5) is 28.0. The fourth-order valence-electron chi connectivity index (χ4n) is 6.78. The molecule has 2 fully saturated rings. The molecule has 8 rings (SSSR count). The molecule has 254 valence electrons. The van der Waals surface area contributed by atoms with Crippen LogP contribution in [0.15, 0.2) is 41.0 Å². The second-order valence-corrected chi connectivity index (χ2v) is 13.9. The van der Waals surface area contributed by atoms with Crippen molar-refractivity contribution < 1.29 is 19.1 Å². The predicted molar refractivity (Wildman–Crippen MR) is 190 cm³/mol. The highest BCUT2D eigenvalue weighted by Gasteiger charge is 2.37. The fourth-order valence-corrected chi connectivity index (χ4v) is 6.78. The number of carbonyl (C=O) groups is 2. The van der Waals surface area contributed by atoms with E-state index in [4.69, 9.17) is 9.47 Å². The summed E-state index contributed by atoms with van der Waals surface area (Å²) in [5.74, 6) is 3.29. The lowest BCUT2D eigenvalue weighted by atomic mass is 9.91. The second kappa shape index (κ2) is 12.7. The third-order valence-corrected chi connectivity index (χ3v) is 10.2. The van der Waals surface area contributed by atoms with Crippen LogP contribution in [0.25, 0.3) is 5.57 Å². The topological polar surface area (TPSA) is 132 Å². The molecule has 12 heteroatoms. The smallest absolute Gasteiger partial charge is 0.262 e. The van der Waals surface area contributed by atoms with Gasteiger partial charge in [-0.2, -0.15) is 10.2 Å². The van der Waals surface area contributed by atoms with Crippen LogP contribution >= 0.6 is 0 Å². The van der Waals surface area contributed by atoms with Gasteiger partial charge >= 0.3 is 0 Å². The zero-order chi connectivity index (χ0) is 33.7. The predicted octanol–water partition coefficient (Wildman–Crippen LogP) is 5.52. The van der Waals surface area contributed by atoms with Gasteiger partial charge in [0, 0.05) is 29.0 Å². The van der Waals surface area contributed by atoms with Crippen LogP contribution in [0.4, 0.5) is 22.7 Å². The first kappa shape index (κ1) is 31.8. The van der Waals surface area contributed by atoms with Crippen LogP contribution in [0.5, 0.6) is 11.5 Å². The molecule has 2 saturated carbocycles. The van der Waals surface area contributed by atoms with Crippen molar-refractivity contribution in [1.82, 2.24) is 10.9 Å². The van der Waals surface area contributed by atoms with Crippen molar-refractivity contribution in [3.63, 3.8) is 0 Å². The van der Waals surface area contributed by atoms with Gasteiger partial charge in [0.15, 0.2) is 11.7 Å². The van der Waals surface area contributed by atoms with Gasteiger partial charge in [-0.05, 0) is 101 Å². The quantitative estimate of drug-likeness (QED) is 0.320. The highest BCUT2D eigenvalue weighted by atomic mass is 16.5. The van der Waals surface area contributed by atoms with Crippen molar-refractivity contribution in [3.05, 3.63) is 42.0 Å². The molecule has 0 spiro atoms. The SMILES string of the molecule is C=C(C)c1cc2c(cc1NC1CCC1)N1C(=NNC(=O)C1C)CO2.CC(C)c1cc2c(cc1NC1CCC1)N1C(=NNC(=O)C1C)CO2. The van der Waals surface area contributed by atoms with Crippen molar-refractivity contribution in [1.29, 1.82) is 0 Å². The molecule has 2 amide bonds. The molecular weight excluding hydrogens is 608 g/mol. The Bertz CT molecular complexity index is 1710. The molecule has 0 radical (unpaired) electrons. The van der Waals surface area contributed by atoms with Crippen molar-refractivity contribution in [3.8, 4) is 11.5 Å².